The molecule has 92 valence electrons. The molecule has 0 atom stereocenters. The third-order valence-electron chi connectivity index (χ3n) is 2.62. The molecule has 0 fully saturated rings. The minimum atomic E-state index is -0.0839. The van der Waals surface area contributed by atoms with Crippen molar-refractivity contribution in [3.05, 3.63) is 28.7 Å². The van der Waals surface area contributed by atoms with Crippen LogP contribution in [0, 0.1) is 5.41 Å². The molecule has 0 aliphatic carbocycles. The van der Waals surface area contributed by atoms with Crippen LogP contribution in [0.25, 0.3) is 11.0 Å². The van der Waals surface area contributed by atoms with Crippen LogP contribution in [0.1, 0.15) is 20.8 Å². The molecule has 0 radical (unpaired) electrons. The fraction of sp³-hybridized carbons (Fsp3) is 0.462. The molecule has 0 aliphatic rings. The predicted octanol–water partition coefficient (Wildman–Crippen LogP) is 2.38. The van der Waals surface area contributed by atoms with Gasteiger partial charge in [0.1, 0.15) is 11.3 Å². The van der Waals surface area contributed by atoms with Gasteiger partial charge in [0.25, 0.3) is 0 Å². The number of ether oxygens (including phenoxy) is 1. The number of nitrogens with zero attached hydrogens (tertiary/aromatic N) is 1. The second-order valence-electron chi connectivity index (χ2n) is 5.43. The number of H-pyrrole nitrogens is 1. The zero-order chi connectivity index (χ0) is 12.6. The van der Waals surface area contributed by atoms with Gasteiger partial charge >= 0.3 is 5.69 Å². The van der Waals surface area contributed by atoms with Gasteiger partial charge in [-0.25, -0.2) is 4.79 Å². The lowest BCUT2D eigenvalue weighted by molar-refractivity contribution is 0.344. The van der Waals surface area contributed by atoms with Crippen LogP contribution in [0.5, 0.6) is 5.75 Å². The van der Waals surface area contributed by atoms with Gasteiger partial charge in [-0.15, -0.1) is 0 Å². The average Bonchev–Trinajstić information content (AvgIpc) is 2.53. The molecule has 0 bridgehead atoms. The minimum Gasteiger partial charge on any atom is -0.494 e. The number of aromatic amines is 1. The predicted molar refractivity (Wildman–Crippen MR) is 68.6 cm³/mol. The van der Waals surface area contributed by atoms with E-state index in [1.54, 1.807) is 11.7 Å². The summed E-state index contributed by atoms with van der Waals surface area (Å²) in [7, 11) is 1.61. The van der Waals surface area contributed by atoms with Crippen LogP contribution in [0.4, 0.5) is 0 Å². The van der Waals surface area contributed by atoms with Crippen LogP contribution in [-0.4, -0.2) is 16.7 Å². The van der Waals surface area contributed by atoms with Crippen molar-refractivity contribution in [1.29, 1.82) is 0 Å². The Morgan fingerprint density at radius 1 is 1.35 bits per heavy atom. The summed E-state index contributed by atoms with van der Waals surface area (Å²) in [4.78, 5) is 14.8. The Morgan fingerprint density at radius 3 is 2.65 bits per heavy atom. The SMILES string of the molecule is COc1cccc2c1[nH]c(=O)n2CC(C)(C)C. The quantitative estimate of drug-likeness (QED) is 0.867. The molecular formula is C13H18N2O2. The first kappa shape index (κ1) is 11.8. The Labute approximate surface area is 100 Å². The summed E-state index contributed by atoms with van der Waals surface area (Å²) in [6, 6.07) is 5.68. The van der Waals surface area contributed by atoms with E-state index in [1.165, 1.54) is 0 Å². The van der Waals surface area contributed by atoms with Gasteiger partial charge in [0, 0.05) is 6.54 Å². The van der Waals surface area contributed by atoms with Crippen molar-refractivity contribution >= 4 is 11.0 Å². The summed E-state index contributed by atoms with van der Waals surface area (Å²) < 4.78 is 7.00. The average molecular weight is 234 g/mol. The fourth-order valence-corrected chi connectivity index (χ4v) is 1.96. The smallest absolute Gasteiger partial charge is 0.326 e. The van der Waals surface area contributed by atoms with Gasteiger partial charge in [0.15, 0.2) is 0 Å². The van der Waals surface area contributed by atoms with Gasteiger partial charge in [-0.3, -0.25) is 4.57 Å². The third kappa shape index (κ3) is 2.20. The van der Waals surface area contributed by atoms with Crippen LogP contribution in [-0.2, 0) is 6.54 Å². The monoisotopic (exact) mass is 234 g/mol. The number of imidazole rings is 1. The van der Waals surface area contributed by atoms with Gasteiger partial charge < -0.3 is 9.72 Å². The van der Waals surface area contributed by atoms with Gasteiger partial charge in [0.05, 0.1) is 12.6 Å². The molecule has 2 aromatic rings. The number of methoxy groups -OCH3 is 1. The number of hydrogen-bond donors (Lipinski definition) is 1. The number of benzene rings is 1. The van der Waals surface area contributed by atoms with E-state index in [9.17, 15) is 4.79 Å². The van der Waals surface area contributed by atoms with E-state index in [2.05, 4.69) is 25.8 Å². The number of rotatable bonds is 2. The largest absolute Gasteiger partial charge is 0.494 e. The Morgan fingerprint density at radius 2 is 2.06 bits per heavy atom. The number of nitrogens with one attached hydrogen (secondary N) is 1. The molecule has 0 saturated heterocycles. The van der Waals surface area contributed by atoms with Gasteiger partial charge in [-0.1, -0.05) is 26.8 Å². The summed E-state index contributed by atoms with van der Waals surface area (Å²) in [5, 5.41) is 0. The molecule has 0 spiro atoms. The molecule has 0 aliphatic heterocycles. The number of fused-ring (bicyclic) bond motifs is 1. The Hall–Kier alpha value is -1.71. The Kier molecular flexibility index (Phi) is 2.73. The highest BCUT2D eigenvalue weighted by Crippen LogP contribution is 2.24. The van der Waals surface area contributed by atoms with Crippen LogP contribution in [0.3, 0.4) is 0 Å². The van der Waals surface area contributed by atoms with Crippen LogP contribution in [0.15, 0.2) is 23.0 Å². The summed E-state index contributed by atoms with van der Waals surface area (Å²) in [6.45, 7) is 7.01. The molecule has 2 rings (SSSR count). The minimum absolute atomic E-state index is 0.0576. The molecule has 17 heavy (non-hydrogen) atoms. The van der Waals surface area contributed by atoms with Crippen molar-refractivity contribution in [2.45, 2.75) is 27.3 Å². The van der Waals surface area contributed by atoms with E-state index in [-0.39, 0.29) is 11.1 Å². The first-order valence-corrected chi connectivity index (χ1v) is 5.68. The number of aromatic nitrogens is 2. The van der Waals surface area contributed by atoms with E-state index in [0.29, 0.717) is 12.3 Å². The third-order valence-corrected chi connectivity index (χ3v) is 2.62. The Balaban J connectivity index is 2.65. The van der Waals surface area contributed by atoms with Crippen LogP contribution < -0.4 is 10.4 Å². The van der Waals surface area contributed by atoms with E-state index >= 15 is 0 Å². The van der Waals surface area contributed by atoms with Crippen LogP contribution >= 0.6 is 0 Å². The summed E-state index contributed by atoms with van der Waals surface area (Å²) in [6.07, 6.45) is 0. The molecule has 4 heteroatoms. The maximum absolute atomic E-state index is 11.9. The molecular weight excluding hydrogens is 216 g/mol. The van der Waals surface area contributed by atoms with Gasteiger partial charge in [0.2, 0.25) is 0 Å². The highest BCUT2D eigenvalue weighted by atomic mass is 16.5. The standard InChI is InChI=1S/C13H18N2O2/c1-13(2,3)8-15-9-6-5-7-10(17-4)11(9)14-12(15)16/h5-7H,8H2,1-4H3,(H,14,16). The maximum Gasteiger partial charge on any atom is 0.326 e. The van der Waals surface area contributed by atoms with E-state index in [0.717, 1.165) is 11.0 Å². The lowest BCUT2D eigenvalue weighted by Crippen LogP contribution is -2.24. The summed E-state index contributed by atoms with van der Waals surface area (Å²) in [5.41, 5.74) is 1.63. The van der Waals surface area contributed by atoms with Crippen molar-refractivity contribution in [1.82, 2.24) is 9.55 Å². The van der Waals surface area contributed by atoms with Gasteiger partial charge in [-0.2, -0.15) is 0 Å². The highest BCUT2D eigenvalue weighted by Gasteiger charge is 2.16. The second kappa shape index (κ2) is 3.95. The first-order chi connectivity index (χ1) is 7.92. The topological polar surface area (TPSA) is 47.0 Å². The van der Waals surface area contributed by atoms with Crippen molar-refractivity contribution in [2.24, 2.45) is 5.41 Å². The van der Waals surface area contributed by atoms with Crippen molar-refractivity contribution in [3.8, 4) is 5.75 Å². The van der Waals surface area contributed by atoms with Crippen molar-refractivity contribution in [3.63, 3.8) is 0 Å². The summed E-state index contributed by atoms with van der Waals surface area (Å²) >= 11 is 0. The second-order valence-corrected chi connectivity index (χ2v) is 5.43. The van der Waals surface area contributed by atoms with Crippen molar-refractivity contribution < 1.29 is 4.74 Å². The van der Waals surface area contributed by atoms with Crippen molar-refractivity contribution in [2.75, 3.05) is 7.11 Å². The van der Waals surface area contributed by atoms with E-state index in [1.807, 2.05) is 18.2 Å². The Bertz CT molecular complexity index is 587. The lowest BCUT2D eigenvalue weighted by atomic mass is 9.97. The number of hydrogen-bond acceptors (Lipinski definition) is 2. The molecule has 4 nitrogen and oxygen atoms in total. The van der Waals surface area contributed by atoms with Gasteiger partial charge in [-0.05, 0) is 17.5 Å². The molecule has 1 aromatic heterocycles. The molecule has 0 amide bonds. The molecule has 1 aromatic carbocycles. The van der Waals surface area contributed by atoms with E-state index in [4.69, 9.17) is 4.74 Å². The molecule has 1 heterocycles. The zero-order valence-corrected chi connectivity index (χ0v) is 10.7. The van der Waals surface area contributed by atoms with E-state index < -0.39 is 0 Å². The number of para-hydroxylation sites is 1. The maximum atomic E-state index is 11.9. The lowest BCUT2D eigenvalue weighted by Gasteiger charge is -2.18. The fourth-order valence-electron chi connectivity index (χ4n) is 1.96. The first-order valence-electron chi connectivity index (χ1n) is 5.68. The van der Waals surface area contributed by atoms with Crippen LogP contribution in [0.2, 0.25) is 0 Å². The normalized spacial score (nSPS) is 12.0. The zero-order valence-electron chi connectivity index (χ0n) is 10.7. The molecule has 0 saturated carbocycles. The molecule has 1 N–H and O–H groups in total. The molecule has 0 unspecified atom stereocenters. The highest BCUT2D eigenvalue weighted by molar-refractivity contribution is 5.81. The summed E-state index contributed by atoms with van der Waals surface area (Å²) in [5.74, 6) is 0.701.